The zero-order chi connectivity index (χ0) is 17.0. The molecular weight excluding hydrogens is 314 g/mol. The molecule has 122 valence electrons. The SMILES string of the molecule is Cc1nc(C)c(CC(=O)NC(C)Cc2ccccc2Cl)c(=O)[nH]1. The van der Waals surface area contributed by atoms with E-state index < -0.39 is 0 Å². The Bertz CT molecular complexity index is 771. The number of rotatable bonds is 5. The first-order valence-corrected chi connectivity index (χ1v) is 7.83. The van der Waals surface area contributed by atoms with Crippen molar-refractivity contribution in [3.63, 3.8) is 0 Å². The van der Waals surface area contributed by atoms with E-state index in [1.54, 1.807) is 13.8 Å². The van der Waals surface area contributed by atoms with Crippen LogP contribution in [0.4, 0.5) is 0 Å². The van der Waals surface area contributed by atoms with E-state index in [1.165, 1.54) is 0 Å². The fraction of sp³-hybridized carbons (Fsp3) is 0.353. The van der Waals surface area contributed by atoms with Gasteiger partial charge in [0.2, 0.25) is 5.91 Å². The minimum atomic E-state index is -0.260. The third kappa shape index (κ3) is 4.66. The van der Waals surface area contributed by atoms with Gasteiger partial charge in [-0.3, -0.25) is 9.59 Å². The van der Waals surface area contributed by atoms with Crippen molar-refractivity contribution in [1.29, 1.82) is 0 Å². The van der Waals surface area contributed by atoms with Gasteiger partial charge in [-0.1, -0.05) is 29.8 Å². The van der Waals surface area contributed by atoms with Crippen molar-refractivity contribution in [2.75, 3.05) is 0 Å². The van der Waals surface area contributed by atoms with E-state index in [0.29, 0.717) is 28.5 Å². The van der Waals surface area contributed by atoms with Crippen LogP contribution in [-0.2, 0) is 17.6 Å². The largest absolute Gasteiger partial charge is 0.353 e. The summed E-state index contributed by atoms with van der Waals surface area (Å²) in [5.74, 6) is 0.340. The van der Waals surface area contributed by atoms with E-state index in [0.717, 1.165) is 5.56 Å². The Morgan fingerprint density at radius 1 is 1.35 bits per heavy atom. The van der Waals surface area contributed by atoms with Crippen molar-refractivity contribution in [1.82, 2.24) is 15.3 Å². The summed E-state index contributed by atoms with van der Waals surface area (Å²) in [6, 6.07) is 7.46. The first-order valence-electron chi connectivity index (χ1n) is 7.46. The van der Waals surface area contributed by atoms with Crippen molar-refractivity contribution < 1.29 is 4.79 Å². The van der Waals surface area contributed by atoms with Crippen LogP contribution in [0.5, 0.6) is 0 Å². The first kappa shape index (κ1) is 17.2. The average Bonchev–Trinajstić information content (AvgIpc) is 2.45. The van der Waals surface area contributed by atoms with E-state index in [-0.39, 0.29) is 23.9 Å². The standard InChI is InChI=1S/C17H20ClN3O2/c1-10(8-13-6-4-5-7-15(13)18)19-16(22)9-14-11(2)20-12(3)21-17(14)23/h4-7,10H,8-9H2,1-3H3,(H,19,22)(H,20,21,23). The number of halogens is 1. The molecule has 1 amide bonds. The Morgan fingerprint density at radius 2 is 2.04 bits per heavy atom. The van der Waals surface area contributed by atoms with Gasteiger partial charge in [0.1, 0.15) is 5.82 Å². The minimum Gasteiger partial charge on any atom is -0.353 e. The molecule has 0 aliphatic rings. The molecular formula is C17H20ClN3O2. The molecule has 1 heterocycles. The lowest BCUT2D eigenvalue weighted by Gasteiger charge is -2.15. The molecule has 2 aromatic rings. The van der Waals surface area contributed by atoms with Gasteiger partial charge in [-0.25, -0.2) is 4.98 Å². The van der Waals surface area contributed by atoms with E-state index >= 15 is 0 Å². The molecule has 5 nitrogen and oxygen atoms in total. The van der Waals surface area contributed by atoms with Crippen LogP contribution in [0, 0.1) is 13.8 Å². The second-order valence-electron chi connectivity index (χ2n) is 5.66. The van der Waals surface area contributed by atoms with Crippen LogP contribution >= 0.6 is 11.6 Å². The Hall–Kier alpha value is -2.14. The summed E-state index contributed by atoms with van der Waals surface area (Å²) >= 11 is 6.12. The summed E-state index contributed by atoms with van der Waals surface area (Å²) in [4.78, 5) is 30.9. The van der Waals surface area contributed by atoms with Gasteiger partial charge in [0.15, 0.2) is 0 Å². The molecule has 2 N–H and O–H groups in total. The number of aromatic amines is 1. The molecule has 0 bridgehead atoms. The van der Waals surface area contributed by atoms with Crippen LogP contribution in [-0.4, -0.2) is 21.9 Å². The highest BCUT2D eigenvalue weighted by atomic mass is 35.5. The second kappa shape index (κ2) is 7.42. The summed E-state index contributed by atoms with van der Waals surface area (Å²) in [5, 5.41) is 3.58. The Labute approximate surface area is 140 Å². The van der Waals surface area contributed by atoms with Gasteiger partial charge in [0.05, 0.1) is 6.42 Å². The van der Waals surface area contributed by atoms with Gasteiger partial charge in [0, 0.05) is 22.3 Å². The lowest BCUT2D eigenvalue weighted by atomic mass is 10.1. The highest BCUT2D eigenvalue weighted by Crippen LogP contribution is 2.16. The van der Waals surface area contributed by atoms with E-state index in [2.05, 4.69) is 15.3 Å². The topological polar surface area (TPSA) is 74.8 Å². The molecule has 1 unspecified atom stereocenters. The van der Waals surface area contributed by atoms with E-state index in [9.17, 15) is 9.59 Å². The molecule has 0 saturated heterocycles. The van der Waals surface area contributed by atoms with E-state index in [1.807, 2.05) is 31.2 Å². The maximum absolute atomic E-state index is 12.2. The number of nitrogens with one attached hydrogen (secondary N) is 2. The van der Waals surface area contributed by atoms with Gasteiger partial charge >= 0.3 is 0 Å². The number of hydrogen-bond acceptors (Lipinski definition) is 3. The van der Waals surface area contributed by atoms with Gasteiger partial charge in [-0.05, 0) is 38.8 Å². The van der Waals surface area contributed by atoms with Crippen LogP contribution in [0.2, 0.25) is 5.02 Å². The summed E-state index contributed by atoms with van der Waals surface area (Å²) < 4.78 is 0. The molecule has 0 fully saturated rings. The number of aryl methyl sites for hydroxylation is 2. The smallest absolute Gasteiger partial charge is 0.254 e. The van der Waals surface area contributed by atoms with Crippen LogP contribution in [0.3, 0.4) is 0 Å². The van der Waals surface area contributed by atoms with Crippen LogP contribution < -0.4 is 10.9 Å². The van der Waals surface area contributed by atoms with Crippen molar-refractivity contribution in [2.24, 2.45) is 0 Å². The molecule has 0 aliphatic carbocycles. The minimum absolute atomic E-state index is 0.0152. The average molecular weight is 334 g/mol. The van der Waals surface area contributed by atoms with Gasteiger partial charge in [-0.15, -0.1) is 0 Å². The summed E-state index contributed by atoms with van der Waals surface area (Å²) in [6.07, 6.45) is 0.647. The number of benzene rings is 1. The lowest BCUT2D eigenvalue weighted by Crippen LogP contribution is -2.36. The van der Waals surface area contributed by atoms with Gasteiger partial charge in [-0.2, -0.15) is 0 Å². The Morgan fingerprint density at radius 3 is 2.70 bits per heavy atom. The molecule has 0 radical (unpaired) electrons. The molecule has 6 heteroatoms. The summed E-state index contributed by atoms with van der Waals surface area (Å²) in [7, 11) is 0. The monoisotopic (exact) mass is 333 g/mol. The molecule has 2 rings (SSSR count). The fourth-order valence-corrected chi connectivity index (χ4v) is 2.70. The van der Waals surface area contributed by atoms with Crippen LogP contribution in [0.15, 0.2) is 29.1 Å². The van der Waals surface area contributed by atoms with Crippen LogP contribution in [0.1, 0.15) is 29.6 Å². The summed E-state index contributed by atoms with van der Waals surface area (Å²) in [6.45, 7) is 5.35. The molecule has 0 saturated carbocycles. The maximum atomic E-state index is 12.2. The van der Waals surface area contributed by atoms with Crippen LogP contribution in [0.25, 0.3) is 0 Å². The molecule has 1 aromatic heterocycles. The number of amides is 1. The third-order valence-electron chi connectivity index (χ3n) is 3.57. The van der Waals surface area contributed by atoms with Gasteiger partial charge in [0.25, 0.3) is 5.56 Å². The molecule has 0 spiro atoms. The highest BCUT2D eigenvalue weighted by molar-refractivity contribution is 6.31. The number of hydrogen-bond donors (Lipinski definition) is 2. The van der Waals surface area contributed by atoms with Crippen molar-refractivity contribution >= 4 is 17.5 Å². The Balaban J connectivity index is 2.00. The number of carbonyl (C=O) groups is 1. The number of nitrogens with zero attached hydrogens (tertiary/aromatic N) is 1. The van der Waals surface area contributed by atoms with E-state index in [4.69, 9.17) is 11.6 Å². The lowest BCUT2D eigenvalue weighted by molar-refractivity contribution is -0.121. The van der Waals surface area contributed by atoms with Crippen molar-refractivity contribution in [2.45, 2.75) is 39.7 Å². The zero-order valence-electron chi connectivity index (χ0n) is 13.4. The fourth-order valence-electron chi connectivity index (χ4n) is 2.49. The van der Waals surface area contributed by atoms with Crippen molar-refractivity contribution in [3.8, 4) is 0 Å². The molecule has 23 heavy (non-hydrogen) atoms. The number of carbonyl (C=O) groups excluding carboxylic acids is 1. The Kier molecular flexibility index (Phi) is 5.55. The normalized spacial score (nSPS) is 12.0. The molecule has 1 atom stereocenters. The second-order valence-corrected chi connectivity index (χ2v) is 6.06. The summed E-state index contributed by atoms with van der Waals surface area (Å²) in [5.41, 5.74) is 1.70. The number of H-pyrrole nitrogens is 1. The van der Waals surface area contributed by atoms with Crippen molar-refractivity contribution in [3.05, 3.63) is 62.3 Å². The highest BCUT2D eigenvalue weighted by Gasteiger charge is 2.14. The quantitative estimate of drug-likeness (QED) is 0.881. The maximum Gasteiger partial charge on any atom is 0.254 e. The van der Waals surface area contributed by atoms with Gasteiger partial charge < -0.3 is 10.3 Å². The molecule has 0 aliphatic heterocycles. The predicted octanol–water partition coefficient (Wildman–Crippen LogP) is 2.33. The molecule has 1 aromatic carbocycles. The predicted molar refractivity (Wildman–Crippen MR) is 90.8 cm³/mol. The zero-order valence-corrected chi connectivity index (χ0v) is 14.2. The number of aromatic nitrogens is 2. The third-order valence-corrected chi connectivity index (χ3v) is 3.94. The first-order chi connectivity index (χ1) is 10.9.